The average molecular weight is 531 g/mol. The zero-order valence-electron chi connectivity index (χ0n) is 20.9. The van der Waals surface area contributed by atoms with Crippen LogP contribution in [0.25, 0.3) is 44.6 Å². The first kappa shape index (κ1) is 23.9. The number of nitrogens with one attached hydrogen (secondary N) is 1. The van der Waals surface area contributed by atoms with Crippen molar-refractivity contribution in [1.29, 1.82) is 0 Å². The molecule has 2 aromatic carbocycles. The maximum atomic E-state index is 13.5. The number of imidazole rings is 1. The number of aromatic amines is 1. The van der Waals surface area contributed by atoms with Gasteiger partial charge >= 0.3 is 6.18 Å². The normalized spacial score (nSPS) is 17.9. The van der Waals surface area contributed by atoms with Crippen molar-refractivity contribution in [2.24, 2.45) is 11.8 Å². The Kier molecular flexibility index (Phi) is 5.47. The number of likely N-dealkylation sites (tertiary alicyclic amines) is 1. The number of aromatic nitrogens is 5. The summed E-state index contributed by atoms with van der Waals surface area (Å²) in [4.78, 5) is 23.6. The van der Waals surface area contributed by atoms with E-state index < -0.39 is 11.7 Å². The molecule has 10 heteroatoms. The lowest BCUT2D eigenvalue weighted by Gasteiger charge is -2.18. The van der Waals surface area contributed by atoms with E-state index in [1.54, 1.807) is 12.4 Å². The minimum Gasteiger partial charge on any atom is -0.342 e. The smallest absolute Gasteiger partial charge is 0.342 e. The Labute approximate surface area is 221 Å². The summed E-state index contributed by atoms with van der Waals surface area (Å²) in [6.07, 6.45) is 1.86. The van der Waals surface area contributed by atoms with Crippen LogP contribution in [0.4, 0.5) is 13.2 Å². The maximum absolute atomic E-state index is 13.5. The van der Waals surface area contributed by atoms with E-state index in [1.165, 1.54) is 6.07 Å². The lowest BCUT2D eigenvalue weighted by atomic mass is 10.0. The minimum absolute atomic E-state index is 0.178. The van der Waals surface area contributed by atoms with Crippen molar-refractivity contribution < 1.29 is 18.0 Å². The molecule has 1 aliphatic carbocycles. The lowest BCUT2D eigenvalue weighted by Crippen LogP contribution is -2.30. The van der Waals surface area contributed by atoms with Crippen LogP contribution in [0.2, 0.25) is 0 Å². The van der Waals surface area contributed by atoms with Gasteiger partial charge in [0.2, 0.25) is 5.91 Å². The quantitative estimate of drug-likeness (QED) is 0.306. The van der Waals surface area contributed by atoms with E-state index in [9.17, 15) is 18.0 Å². The molecule has 1 unspecified atom stereocenters. The van der Waals surface area contributed by atoms with Gasteiger partial charge in [0.15, 0.2) is 5.65 Å². The van der Waals surface area contributed by atoms with E-state index >= 15 is 0 Å². The van der Waals surface area contributed by atoms with E-state index in [0.717, 1.165) is 60.0 Å². The van der Waals surface area contributed by atoms with E-state index in [-0.39, 0.29) is 17.7 Å². The molecular weight excluding hydrogens is 505 g/mol. The number of carbonyl (C=O) groups excluding carboxylic acids is 1. The molecule has 0 bridgehead atoms. The lowest BCUT2D eigenvalue weighted by molar-refractivity contribution is -0.137. The van der Waals surface area contributed by atoms with Crippen LogP contribution >= 0.6 is 0 Å². The molecule has 2 aliphatic rings. The summed E-state index contributed by atoms with van der Waals surface area (Å²) in [5.41, 5.74) is 3.67. The van der Waals surface area contributed by atoms with Crippen molar-refractivity contribution in [2.75, 3.05) is 13.1 Å². The molecule has 1 saturated heterocycles. The van der Waals surface area contributed by atoms with E-state index in [2.05, 4.69) is 20.2 Å². The highest BCUT2D eigenvalue weighted by molar-refractivity contribution is 5.84. The van der Waals surface area contributed by atoms with Gasteiger partial charge in [0.25, 0.3) is 0 Å². The highest BCUT2D eigenvalue weighted by Crippen LogP contribution is 2.36. The molecule has 5 aromatic rings. The number of alkyl halides is 3. The Morgan fingerprint density at radius 2 is 1.77 bits per heavy atom. The molecule has 2 fully saturated rings. The number of hydrogen-bond donors (Lipinski definition) is 1. The van der Waals surface area contributed by atoms with Gasteiger partial charge < -0.3 is 9.47 Å². The summed E-state index contributed by atoms with van der Waals surface area (Å²) in [5.74, 6) is 1.24. The van der Waals surface area contributed by atoms with Gasteiger partial charge in [0, 0.05) is 48.3 Å². The Balaban J connectivity index is 1.24. The molecule has 1 amide bonds. The van der Waals surface area contributed by atoms with E-state index in [0.29, 0.717) is 35.6 Å². The van der Waals surface area contributed by atoms with E-state index in [1.807, 2.05) is 39.8 Å². The molecule has 1 aliphatic heterocycles. The molecule has 0 spiro atoms. The molecule has 1 saturated carbocycles. The molecule has 39 heavy (non-hydrogen) atoms. The van der Waals surface area contributed by atoms with Gasteiger partial charge in [0.1, 0.15) is 5.82 Å². The van der Waals surface area contributed by atoms with E-state index in [4.69, 9.17) is 0 Å². The van der Waals surface area contributed by atoms with Crippen molar-refractivity contribution in [3.63, 3.8) is 0 Å². The number of pyridine rings is 1. The molecule has 198 valence electrons. The fourth-order valence-electron chi connectivity index (χ4n) is 5.55. The van der Waals surface area contributed by atoms with Gasteiger partial charge in [-0.15, -0.1) is 0 Å². The first-order chi connectivity index (χ1) is 18.8. The third-order valence-electron chi connectivity index (χ3n) is 7.81. The highest BCUT2D eigenvalue weighted by atomic mass is 19.4. The summed E-state index contributed by atoms with van der Waals surface area (Å²) in [7, 11) is 0. The molecular formula is C29H25F3N6O. The Morgan fingerprint density at radius 3 is 2.54 bits per heavy atom. The van der Waals surface area contributed by atoms with Crippen LogP contribution in [0.5, 0.6) is 0 Å². The summed E-state index contributed by atoms with van der Waals surface area (Å²) < 4.78 is 42.4. The summed E-state index contributed by atoms with van der Waals surface area (Å²) in [6, 6.07) is 13.6. The number of fused-ring (bicyclic) bond motifs is 2. The third-order valence-corrected chi connectivity index (χ3v) is 7.81. The van der Waals surface area contributed by atoms with Crippen LogP contribution in [-0.2, 0) is 17.5 Å². The molecule has 1 atom stereocenters. The number of amides is 1. The summed E-state index contributed by atoms with van der Waals surface area (Å²) in [6.45, 7) is 1.97. The van der Waals surface area contributed by atoms with Crippen molar-refractivity contribution >= 4 is 28.0 Å². The largest absolute Gasteiger partial charge is 0.416 e. The Bertz CT molecular complexity index is 1700. The first-order valence-corrected chi connectivity index (χ1v) is 13.1. The SMILES string of the molecule is O=C(C1CC1)N1CCC(Cn2c(-c3ccc(-c4cnc5[nH]ncc5c4)cc3)nc3cc(C(F)(F)F)ccc32)C1. The van der Waals surface area contributed by atoms with Crippen LogP contribution in [0.1, 0.15) is 24.8 Å². The van der Waals surface area contributed by atoms with Crippen LogP contribution in [0.15, 0.2) is 60.9 Å². The second-order valence-corrected chi connectivity index (χ2v) is 10.6. The van der Waals surface area contributed by atoms with Gasteiger partial charge in [-0.1, -0.05) is 24.3 Å². The van der Waals surface area contributed by atoms with Crippen LogP contribution in [0.3, 0.4) is 0 Å². The number of H-pyrrole nitrogens is 1. The van der Waals surface area contributed by atoms with Crippen molar-refractivity contribution in [1.82, 2.24) is 29.6 Å². The van der Waals surface area contributed by atoms with Gasteiger partial charge in [-0.2, -0.15) is 18.3 Å². The number of rotatable bonds is 5. The number of carbonyl (C=O) groups is 1. The molecule has 7 nitrogen and oxygen atoms in total. The predicted octanol–water partition coefficient (Wildman–Crippen LogP) is 5.92. The molecule has 7 rings (SSSR count). The third kappa shape index (κ3) is 4.43. The Morgan fingerprint density at radius 1 is 0.974 bits per heavy atom. The van der Waals surface area contributed by atoms with Crippen LogP contribution < -0.4 is 0 Å². The van der Waals surface area contributed by atoms with Crippen molar-refractivity contribution in [2.45, 2.75) is 32.0 Å². The second kappa shape index (κ2) is 8.93. The van der Waals surface area contributed by atoms with Gasteiger partial charge in [-0.25, -0.2) is 9.97 Å². The molecule has 4 heterocycles. The summed E-state index contributed by atoms with van der Waals surface area (Å²) in [5, 5.41) is 7.77. The number of halogens is 3. The number of nitrogens with zero attached hydrogens (tertiary/aromatic N) is 5. The highest BCUT2D eigenvalue weighted by Gasteiger charge is 2.37. The Hall–Kier alpha value is -4.21. The molecule has 0 radical (unpaired) electrons. The van der Waals surface area contributed by atoms with Crippen LogP contribution in [-0.4, -0.2) is 48.6 Å². The number of hydrogen-bond acceptors (Lipinski definition) is 4. The van der Waals surface area contributed by atoms with Crippen molar-refractivity contribution in [3.05, 3.63) is 66.5 Å². The second-order valence-electron chi connectivity index (χ2n) is 10.6. The predicted molar refractivity (Wildman–Crippen MR) is 140 cm³/mol. The van der Waals surface area contributed by atoms with Gasteiger partial charge in [0.05, 0.1) is 22.8 Å². The first-order valence-electron chi connectivity index (χ1n) is 13.1. The molecule has 3 aromatic heterocycles. The number of benzene rings is 2. The van der Waals surface area contributed by atoms with Crippen LogP contribution in [0, 0.1) is 11.8 Å². The maximum Gasteiger partial charge on any atom is 0.416 e. The van der Waals surface area contributed by atoms with Crippen molar-refractivity contribution in [3.8, 4) is 22.5 Å². The summed E-state index contributed by atoms with van der Waals surface area (Å²) >= 11 is 0. The monoisotopic (exact) mass is 530 g/mol. The fourth-order valence-corrected chi connectivity index (χ4v) is 5.55. The molecule has 1 N–H and O–H groups in total. The average Bonchev–Trinajstić information content (AvgIpc) is 3.33. The standard InChI is InChI=1S/C29H25F3N6O/c30-29(31,32)23-7-8-25-24(12-23)35-27(38(25)16-17-9-10-37(15-17)28(39)20-5-6-20)19-3-1-18(2-4-19)21-11-22-14-34-36-26(22)33-13-21/h1-4,7-8,11-14,17,20H,5-6,9-10,15-16H2,(H,33,34,36). The van der Waals surface area contributed by atoms with Gasteiger partial charge in [-0.05, 0) is 55.0 Å². The zero-order valence-corrected chi connectivity index (χ0v) is 20.9. The minimum atomic E-state index is -4.45. The zero-order chi connectivity index (χ0) is 26.7. The fraction of sp³-hybridized carbons (Fsp3) is 0.310. The topological polar surface area (TPSA) is 79.7 Å². The van der Waals surface area contributed by atoms with Gasteiger partial charge in [-0.3, -0.25) is 9.89 Å².